The Morgan fingerprint density at radius 2 is 2.03 bits per heavy atom. The first-order chi connectivity index (χ1) is 15.4. The molecule has 3 aliphatic heterocycles. The Hall–Kier alpha value is -2.63. The second-order valence-electron chi connectivity index (χ2n) is 9.07. The summed E-state index contributed by atoms with van der Waals surface area (Å²) in [5.41, 5.74) is 6.74. The van der Waals surface area contributed by atoms with Gasteiger partial charge in [-0.25, -0.2) is 0 Å². The van der Waals surface area contributed by atoms with Crippen molar-refractivity contribution in [2.75, 3.05) is 33.4 Å². The standard InChI is InChI=1S/C27H34N2O3/c1-18-12-24(22-8-10-28(11-9-22)25-16-32-17-25)15-29(21(18)4)27(30)14-19(2)23-6-7-26(31-5)20(3)13-23/h6-8,12-15,21,25H,9-11,16-17H2,1-5H3/b19-14+. The highest BCUT2D eigenvalue weighted by Crippen LogP contribution is 2.30. The molecule has 1 amide bonds. The van der Waals surface area contributed by atoms with Crippen LogP contribution in [0.25, 0.3) is 5.57 Å². The maximum absolute atomic E-state index is 13.3. The largest absolute Gasteiger partial charge is 0.496 e. The van der Waals surface area contributed by atoms with Crippen molar-refractivity contribution < 1.29 is 14.3 Å². The third-order valence-electron chi connectivity index (χ3n) is 6.93. The highest BCUT2D eigenvalue weighted by molar-refractivity contribution is 5.96. The van der Waals surface area contributed by atoms with Crippen LogP contribution in [0.15, 0.2) is 59.3 Å². The lowest BCUT2D eigenvalue weighted by molar-refractivity contribution is -0.124. The number of carbonyl (C=O) groups excluding carboxylic acids is 1. The molecule has 0 aromatic heterocycles. The van der Waals surface area contributed by atoms with E-state index in [1.807, 2.05) is 37.1 Å². The molecular weight excluding hydrogens is 400 g/mol. The minimum atomic E-state index is 0.0121. The average molecular weight is 435 g/mol. The van der Waals surface area contributed by atoms with Gasteiger partial charge in [0, 0.05) is 25.4 Å². The number of hydrogen-bond donors (Lipinski definition) is 0. The smallest absolute Gasteiger partial charge is 0.251 e. The monoisotopic (exact) mass is 434 g/mol. The summed E-state index contributed by atoms with van der Waals surface area (Å²) in [7, 11) is 1.67. The Kier molecular flexibility index (Phi) is 6.68. The van der Waals surface area contributed by atoms with Crippen LogP contribution in [-0.2, 0) is 9.53 Å². The molecule has 5 heteroatoms. The van der Waals surface area contributed by atoms with Crippen molar-refractivity contribution in [3.63, 3.8) is 0 Å². The van der Waals surface area contributed by atoms with Crippen LogP contribution in [-0.4, -0.2) is 61.2 Å². The number of carbonyl (C=O) groups is 1. The number of benzene rings is 1. The van der Waals surface area contributed by atoms with Crippen molar-refractivity contribution in [1.29, 1.82) is 0 Å². The van der Waals surface area contributed by atoms with Crippen LogP contribution in [0.2, 0.25) is 0 Å². The Bertz CT molecular complexity index is 1010. The zero-order valence-electron chi connectivity index (χ0n) is 19.9. The molecule has 1 aromatic rings. The molecular formula is C27H34N2O3. The summed E-state index contributed by atoms with van der Waals surface area (Å²) >= 11 is 0. The quantitative estimate of drug-likeness (QED) is 0.640. The van der Waals surface area contributed by atoms with Gasteiger partial charge >= 0.3 is 0 Å². The predicted molar refractivity (Wildman–Crippen MR) is 128 cm³/mol. The van der Waals surface area contributed by atoms with Gasteiger partial charge in [0.25, 0.3) is 5.91 Å². The number of ether oxygens (including phenoxy) is 2. The van der Waals surface area contributed by atoms with Gasteiger partial charge in [0.05, 0.1) is 32.4 Å². The van der Waals surface area contributed by atoms with Crippen LogP contribution in [0.3, 0.4) is 0 Å². The molecule has 1 saturated heterocycles. The van der Waals surface area contributed by atoms with E-state index in [4.69, 9.17) is 9.47 Å². The zero-order valence-corrected chi connectivity index (χ0v) is 19.9. The molecule has 4 rings (SSSR count). The van der Waals surface area contributed by atoms with Crippen LogP contribution in [0.5, 0.6) is 5.75 Å². The van der Waals surface area contributed by atoms with Gasteiger partial charge in [-0.1, -0.05) is 23.8 Å². The van der Waals surface area contributed by atoms with Gasteiger partial charge in [-0.2, -0.15) is 0 Å². The van der Waals surface area contributed by atoms with Crippen LogP contribution in [0.4, 0.5) is 0 Å². The zero-order chi connectivity index (χ0) is 22.8. The second-order valence-corrected chi connectivity index (χ2v) is 9.07. The fourth-order valence-electron chi connectivity index (χ4n) is 4.49. The van der Waals surface area contributed by atoms with Gasteiger partial charge in [-0.3, -0.25) is 9.69 Å². The summed E-state index contributed by atoms with van der Waals surface area (Å²) in [4.78, 5) is 17.6. The van der Waals surface area contributed by atoms with E-state index in [0.29, 0.717) is 6.04 Å². The van der Waals surface area contributed by atoms with E-state index in [0.717, 1.165) is 60.7 Å². The summed E-state index contributed by atoms with van der Waals surface area (Å²) in [6, 6.07) is 6.63. The molecule has 5 nitrogen and oxygen atoms in total. The maximum Gasteiger partial charge on any atom is 0.251 e. The SMILES string of the molecule is COc1ccc(/C(C)=C/C(=O)N2C=C(C3=CCN(C4COC4)CC3)C=C(C)C2C)cc1C. The Morgan fingerprint density at radius 1 is 1.25 bits per heavy atom. The number of nitrogens with zero attached hydrogens (tertiary/aromatic N) is 2. The van der Waals surface area contributed by atoms with Crippen molar-refractivity contribution in [2.45, 2.75) is 46.2 Å². The summed E-state index contributed by atoms with van der Waals surface area (Å²) in [5.74, 6) is 0.869. The molecule has 0 radical (unpaired) electrons. The van der Waals surface area contributed by atoms with Crippen molar-refractivity contribution >= 4 is 11.5 Å². The first kappa shape index (κ1) is 22.6. The molecule has 32 heavy (non-hydrogen) atoms. The van der Waals surface area contributed by atoms with Gasteiger partial charge in [0.1, 0.15) is 5.75 Å². The third kappa shape index (κ3) is 4.59. The van der Waals surface area contributed by atoms with Crippen molar-refractivity contribution in [1.82, 2.24) is 9.80 Å². The van der Waals surface area contributed by atoms with E-state index in [-0.39, 0.29) is 11.9 Å². The minimum absolute atomic E-state index is 0.0121. The van der Waals surface area contributed by atoms with E-state index in [9.17, 15) is 4.79 Å². The van der Waals surface area contributed by atoms with E-state index in [1.165, 1.54) is 11.1 Å². The van der Waals surface area contributed by atoms with Crippen LogP contribution in [0.1, 0.15) is 38.3 Å². The first-order valence-electron chi connectivity index (χ1n) is 11.4. The Balaban J connectivity index is 1.52. The van der Waals surface area contributed by atoms with E-state index >= 15 is 0 Å². The first-order valence-corrected chi connectivity index (χ1v) is 11.4. The van der Waals surface area contributed by atoms with Crippen molar-refractivity contribution in [3.8, 4) is 5.75 Å². The normalized spacial score (nSPS) is 22.7. The third-order valence-corrected chi connectivity index (χ3v) is 6.93. The van der Waals surface area contributed by atoms with E-state index in [2.05, 4.69) is 37.0 Å². The second kappa shape index (κ2) is 9.47. The summed E-state index contributed by atoms with van der Waals surface area (Å²) in [6.45, 7) is 11.9. The van der Waals surface area contributed by atoms with Crippen LogP contribution >= 0.6 is 0 Å². The number of aryl methyl sites for hydroxylation is 1. The lowest BCUT2D eigenvalue weighted by Gasteiger charge is -2.39. The molecule has 1 fully saturated rings. The highest BCUT2D eigenvalue weighted by Gasteiger charge is 2.29. The fraction of sp³-hybridized carbons (Fsp3) is 0.444. The lowest BCUT2D eigenvalue weighted by Crippen LogP contribution is -2.50. The Labute approximate surface area is 191 Å². The minimum Gasteiger partial charge on any atom is -0.496 e. The van der Waals surface area contributed by atoms with Gasteiger partial charge < -0.3 is 14.4 Å². The molecule has 0 bridgehead atoms. The molecule has 1 aromatic carbocycles. The van der Waals surface area contributed by atoms with E-state index in [1.54, 1.807) is 13.2 Å². The maximum atomic E-state index is 13.3. The lowest BCUT2D eigenvalue weighted by atomic mass is 9.92. The molecule has 0 spiro atoms. The molecule has 1 atom stereocenters. The van der Waals surface area contributed by atoms with Crippen LogP contribution in [0, 0.1) is 6.92 Å². The average Bonchev–Trinajstić information content (AvgIpc) is 2.74. The summed E-state index contributed by atoms with van der Waals surface area (Å²) in [5, 5.41) is 0. The number of methoxy groups -OCH3 is 1. The van der Waals surface area contributed by atoms with Crippen molar-refractivity contribution in [2.24, 2.45) is 0 Å². The van der Waals surface area contributed by atoms with Crippen molar-refractivity contribution in [3.05, 3.63) is 70.5 Å². The fourth-order valence-corrected chi connectivity index (χ4v) is 4.49. The summed E-state index contributed by atoms with van der Waals surface area (Å²) in [6.07, 6.45) is 9.35. The predicted octanol–water partition coefficient (Wildman–Crippen LogP) is 4.50. The number of allylic oxidation sites excluding steroid dienone is 3. The van der Waals surface area contributed by atoms with Gasteiger partial charge in [0.15, 0.2) is 0 Å². The molecule has 1 unspecified atom stereocenters. The Morgan fingerprint density at radius 3 is 2.62 bits per heavy atom. The van der Waals surface area contributed by atoms with Gasteiger partial charge in [-0.15, -0.1) is 0 Å². The van der Waals surface area contributed by atoms with Crippen LogP contribution < -0.4 is 4.74 Å². The van der Waals surface area contributed by atoms with Gasteiger partial charge in [-0.05, 0) is 74.1 Å². The topological polar surface area (TPSA) is 42.0 Å². The molecule has 170 valence electrons. The summed E-state index contributed by atoms with van der Waals surface area (Å²) < 4.78 is 10.7. The molecule has 0 N–H and O–H groups in total. The number of rotatable bonds is 5. The molecule has 0 aliphatic carbocycles. The van der Waals surface area contributed by atoms with Gasteiger partial charge in [0.2, 0.25) is 0 Å². The highest BCUT2D eigenvalue weighted by atomic mass is 16.5. The number of amides is 1. The van der Waals surface area contributed by atoms with E-state index < -0.39 is 0 Å². The molecule has 3 aliphatic rings. The molecule has 0 saturated carbocycles. The number of hydrogen-bond acceptors (Lipinski definition) is 4. The molecule has 3 heterocycles.